The first-order valence-corrected chi connectivity index (χ1v) is 4.33. The molecule has 2 nitrogen and oxygen atoms in total. The highest BCUT2D eigenvalue weighted by molar-refractivity contribution is 4.31. The fourth-order valence-electron chi connectivity index (χ4n) is 0.500. The number of hydrogen-bond donors (Lipinski definition) is 2. The summed E-state index contributed by atoms with van der Waals surface area (Å²) in [6.07, 6.45) is 5.37. The minimum Gasteiger partial charge on any atom is -0.394 e. The van der Waals surface area contributed by atoms with Gasteiger partial charge in [-0.3, -0.25) is 0 Å². The van der Waals surface area contributed by atoms with Gasteiger partial charge < -0.3 is 11.3 Å². The Kier molecular flexibility index (Phi) is 25.7. The Morgan fingerprint density at radius 2 is 1.18 bits per heavy atom. The number of aliphatic hydroxyl groups is 1. The Morgan fingerprint density at radius 3 is 1.27 bits per heavy atom. The molecule has 0 rings (SSSR count). The van der Waals surface area contributed by atoms with Crippen LogP contribution in [-0.4, -0.2) is 11.2 Å². The maximum Gasteiger partial charge on any atom is 0.0483 e. The highest BCUT2D eigenvalue weighted by atomic mass is 16.3. The van der Waals surface area contributed by atoms with Gasteiger partial charge in [-0.2, -0.15) is 0 Å². The lowest BCUT2D eigenvalue weighted by atomic mass is 10.2. The van der Waals surface area contributed by atoms with E-state index in [0.717, 1.165) is 0 Å². The third kappa shape index (κ3) is 73.0. The van der Waals surface area contributed by atoms with Crippen LogP contribution < -0.4 is 6.15 Å². The van der Waals surface area contributed by atoms with E-state index < -0.39 is 0 Å². The molecule has 0 aliphatic carbocycles. The topological polar surface area (TPSA) is 56.7 Å². The van der Waals surface area contributed by atoms with Crippen molar-refractivity contribution in [1.29, 1.82) is 0 Å². The Morgan fingerprint density at radius 1 is 1.00 bits per heavy atom. The Hall–Kier alpha value is -0.0800. The first-order chi connectivity index (χ1) is 4.65. The van der Waals surface area contributed by atoms with Gasteiger partial charge in [0.1, 0.15) is 0 Å². The van der Waals surface area contributed by atoms with Crippen molar-refractivity contribution < 1.29 is 5.11 Å². The van der Waals surface area contributed by atoms with E-state index in [-0.39, 0.29) is 12.3 Å². The van der Waals surface area contributed by atoms with E-state index in [0.29, 0.717) is 0 Å². The first-order valence-electron chi connectivity index (χ1n) is 4.33. The summed E-state index contributed by atoms with van der Waals surface area (Å²) in [5.74, 6) is 0. The zero-order chi connectivity index (χ0) is 8.41. The van der Waals surface area contributed by atoms with Crippen LogP contribution in [-0.2, 0) is 0 Å². The highest BCUT2D eigenvalue weighted by Gasteiger charge is 1.75. The third-order valence-electron chi connectivity index (χ3n) is 0.957. The second-order valence-corrected chi connectivity index (χ2v) is 2.80. The summed E-state index contributed by atoms with van der Waals surface area (Å²) >= 11 is 0. The quantitative estimate of drug-likeness (QED) is 0.617. The van der Waals surface area contributed by atoms with Gasteiger partial charge in [-0.15, -0.1) is 0 Å². The van der Waals surface area contributed by atoms with Crippen molar-refractivity contribution in [3.63, 3.8) is 0 Å². The largest absolute Gasteiger partial charge is 0.394 e. The molecular weight excluding hydrogens is 138 g/mol. The smallest absolute Gasteiger partial charge is 0.0483 e. The van der Waals surface area contributed by atoms with Crippen LogP contribution in [0.3, 0.4) is 0 Å². The third-order valence-corrected chi connectivity index (χ3v) is 0.957. The molecule has 0 aromatic rings. The lowest BCUT2D eigenvalue weighted by Gasteiger charge is -1.86. The van der Waals surface area contributed by atoms with Crippen LogP contribution in [0.2, 0.25) is 0 Å². The molecule has 0 radical (unpaired) electrons. The second kappa shape index (κ2) is 16.5. The summed E-state index contributed by atoms with van der Waals surface area (Å²) in [7, 11) is 0. The van der Waals surface area contributed by atoms with E-state index in [9.17, 15) is 0 Å². The lowest BCUT2D eigenvalue weighted by Crippen LogP contribution is -1.85. The van der Waals surface area contributed by atoms with Crippen LogP contribution in [0.1, 0.15) is 53.4 Å². The summed E-state index contributed by atoms with van der Waals surface area (Å²) < 4.78 is 0. The maximum absolute atomic E-state index is 8.06. The maximum atomic E-state index is 8.06. The lowest BCUT2D eigenvalue weighted by molar-refractivity contribution is 0.216. The van der Waals surface area contributed by atoms with E-state index >= 15 is 0 Å². The zero-order valence-corrected chi connectivity index (χ0v) is 8.85. The molecule has 2 heteroatoms. The predicted octanol–water partition coefficient (Wildman–Crippen LogP) is 3.35. The second-order valence-electron chi connectivity index (χ2n) is 2.80. The normalized spacial score (nSPS) is 8.18. The molecule has 0 atom stereocenters. The van der Waals surface area contributed by atoms with Crippen LogP contribution in [0.15, 0.2) is 0 Å². The fourth-order valence-corrected chi connectivity index (χ4v) is 0.500. The van der Waals surface area contributed by atoms with E-state index in [1.54, 1.807) is 13.8 Å². The monoisotopic (exact) mass is 164 g/mol. The molecule has 0 bridgehead atoms. The molecule has 0 aromatic carbocycles. The van der Waals surface area contributed by atoms with Crippen LogP contribution in [0.5, 0.6) is 0 Å². The van der Waals surface area contributed by atoms with E-state index in [2.05, 4.69) is 13.8 Å². The molecule has 0 aromatic heterocycles. The molecule has 0 fully saturated rings. The molecule has 0 aliphatic rings. The summed E-state index contributed by atoms with van der Waals surface area (Å²) in [6, 6.07) is 0. The van der Waals surface area contributed by atoms with Gasteiger partial charge in [0.25, 0.3) is 0 Å². The molecule has 0 unspecified atom stereocenters. The van der Waals surface area contributed by atoms with Crippen molar-refractivity contribution in [1.82, 2.24) is 6.15 Å². The minimum absolute atomic E-state index is 0. The number of rotatable bonds is 3. The molecule has 11 heavy (non-hydrogen) atoms. The number of hydrogen-bond acceptors (Lipinski definition) is 1. The number of aliphatic hydroxyl groups excluding tert-OH is 1. The average Bonchev–Trinajstić information content (AvgIpc) is 1.82. The van der Waals surface area contributed by atoms with Crippen molar-refractivity contribution in [2.24, 2.45) is 0 Å². The van der Waals surface area contributed by atoms with E-state index in [1.165, 1.54) is 25.7 Å². The molecule has 0 spiro atoms. The van der Waals surface area contributed by atoms with Crippen LogP contribution in [0, 0.1) is 0 Å². The van der Waals surface area contributed by atoms with Crippen LogP contribution >= 0.6 is 0 Å². The number of unbranched alkanes of at least 4 members (excludes halogenated alkanes) is 3. The van der Waals surface area contributed by atoms with Crippen molar-refractivity contribution in [2.75, 3.05) is 0 Å². The molecule has 0 saturated carbocycles. The zero-order valence-electron chi connectivity index (χ0n) is 8.85. The predicted molar refractivity (Wildman–Crippen MR) is 53.2 cm³/mol. The molecule has 0 aliphatic heterocycles. The molecule has 0 heterocycles. The van der Waals surface area contributed by atoms with Gasteiger partial charge in [0.05, 0.1) is 0 Å². The Balaban J connectivity index is -0.000000114. The van der Waals surface area contributed by atoms with Crippen LogP contribution in [0.25, 0.3) is 0 Å². The SMILES string of the molecule is CC(C)O.CCCCCC.[NH4+]. The molecule has 5 N–H and O–H groups in total. The first kappa shape index (κ1) is 17.1. The van der Waals surface area contributed by atoms with E-state index in [1.807, 2.05) is 0 Å². The standard InChI is InChI=1S/C6H14.C3H8O.H3N/c1-3-5-6-4-2;1-3(2)4;/h3-6H2,1-2H3;3-4H,1-2H3;1H3/p+1. The fraction of sp³-hybridized carbons (Fsp3) is 1.00. The number of quaternary nitrogens is 1. The van der Waals surface area contributed by atoms with Crippen molar-refractivity contribution in [2.45, 2.75) is 59.5 Å². The highest BCUT2D eigenvalue weighted by Crippen LogP contribution is 1.95. The average molecular weight is 164 g/mol. The Bertz CT molecular complexity index is 40.1. The molecule has 0 saturated heterocycles. The van der Waals surface area contributed by atoms with Gasteiger partial charge in [-0.1, -0.05) is 39.5 Å². The van der Waals surface area contributed by atoms with Gasteiger partial charge in [-0.05, 0) is 13.8 Å². The van der Waals surface area contributed by atoms with Crippen molar-refractivity contribution in [3.8, 4) is 0 Å². The minimum atomic E-state index is -0.167. The van der Waals surface area contributed by atoms with Gasteiger partial charge in [0.15, 0.2) is 0 Å². The van der Waals surface area contributed by atoms with Crippen molar-refractivity contribution >= 4 is 0 Å². The Labute approximate surface area is 71.6 Å². The van der Waals surface area contributed by atoms with Gasteiger partial charge in [0, 0.05) is 6.10 Å². The van der Waals surface area contributed by atoms with Crippen LogP contribution in [0.4, 0.5) is 0 Å². The molecular formula is C9H26NO+. The summed E-state index contributed by atoms with van der Waals surface area (Å²) in [6.45, 7) is 7.91. The van der Waals surface area contributed by atoms with Gasteiger partial charge in [0.2, 0.25) is 0 Å². The van der Waals surface area contributed by atoms with E-state index in [4.69, 9.17) is 5.11 Å². The molecule has 72 valence electrons. The summed E-state index contributed by atoms with van der Waals surface area (Å²) in [5, 5.41) is 8.06. The summed E-state index contributed by atoms with van der Waals surface area (Å²) in [5.41, 5.74) is 0. The van der Waals surface area contributed by atoms with Gasteiger partial charge in [-0.25, -0.2) is 0 Å². The molecule has 0 amide bonds. The van der Waals surface area contributed by atoms with Crippen molar-refractivity contribution in [3.05, 3.63) is 0 Å². The van der Waals surface area contributed by atoms with Gasteiger partial charge >= 0.3 is 0 Å². The summed E-state index contributed by atoms with van der Waals surface area (Å²) in [4.78, 5) is 0.